The highest BCUT2D eigenvalue weighted by atomic mass is 32.2. The molecule has 2 aliphatic heterocycles. The lowest BCUT2D eigenvalue weighted by molar-refractivity contribution is 0.219. The van der Waals surface area contributed by atoms with Gasteiger partial charge in [-0.25, -0.2) is 13.2 Å². The van der Waals surface area contributed by atoms with Gasteiger partial charge in [0, 0.05) is 18.7 Å². The number of fused-ring (bicyclic) bond motifs is 1. The van der Waals surface area contributed by atoms with E-state index in [1.807, 2.05) is 24.3 Å². The van der Waals surface area contributed by atoms with Gasteiger partial charge < -0.3 is 15.4 Å². The van der Waals surface area contributed by atoms with E-state index in [2.05, 4.69) is 10.6 Å². The summed E-state index contributed by atoms with van der Waals surface area (Å²) in [5.74, 6) is 1.06. The summed E-state index contributed by atoms with van der Waals surface area (Å²) in [5.41, 5.74) is 2.37. The van der Waals surface area contributed by atoms with Crippen molar-refractivity contribution in [2.75, 3.05) is 28.5 Å². The number of amides is 2. The van der Waals surface area contributed by atoms with Crippen LogP contribution in [0.2, 0.25) is 0 Å². The molecule has 0 aliphatic carbocycles. The molecule has 0 spiro atoms. The molecular weight excluding hydrogens is 366 g/mol. The van der Waals surface area contributed by atoms with Crippen LogP contribution in [0.3, 0.4) is 0 Å². The first kappa shape index (κ1) is 17.7. The Morgan fingerprint density at radius 3 is 2.63 bits per heavy atom. The number of carbonyl (C=O) groups excluding carboxylic acids is 1. The molecule has 0 saturated carbocycles. The summed E-state index contributed by atoms with van der Waals surface area (Å²) in [5, 5.41) is 5.56. The van der Waals surface area contributed by atoms with E-state index in [4.69, 9.17) is 4.74 Å². The highest BCUT2D eigenvalue weighted by Crippen LogP contribution is 2.28. The van der Waals surface area contributed by atoms with Gasteiger partial charge in [0.2, 0.25) is 10.0 Å². The molecule has 0 radical (unpaired) electrons. The second kappa shape index (κ2) is 7.11. The summed E-state index contributed by atoms with van der Waals surface area (Å²) in [6.45, 7) is 0.907. The van der Waals surface area contributed by atoms with Crippen molar-refractivity contribution in [3.8, 4) is 5.75 Å². The number of hydrogen-bond donors (Lipinski definition) is 2. The zero-order valence-corrected chi connectivity index (χ0v) is 15.5. The number of para-hydroxylation sites is 1. The fraction of sp³-hybridized carbons (Fsp3) is 0.316. The van der Waals surface area contributed by atoms with E-state index in [0.717, 1.165) is 17.7 Å². The molecule has 0 unspecified atom stereocenters. The molecule has 2 heterocycles. The van der Waals surface area contributed by atoms with Crippen LogP contribution in [0.4, 0.5) is 16.2 Å². The first-order valence-corrected chi connectivity index (χ1v) is 10.5. The van der Waals surface area contributed by atoms with E-state index < -0.39 is 10.0 Å². The highest BCUT2D eigenvalue weighted by Gasteiger charge is 2.28. The van der Waals surface area contributed by atoms with Gasteiger partial charge in [0.1, 0.15) is 11.9 Å². The van der Waals surface area contributed by atoms with Crippen LogP contribution in [0, 0.1) is 0 Å². The Kier molecular flexibility index (Phi) is 4.65. The van der Waals surface area contributed by atoms with Gasteiger partial charge in [-0.2, -0.15) is 0 Å². The van der Waals surface area contributed by atoms with E-state index in [1.165, 1.54) is 4.31 Å². The van der Waals surface area contributed by atoms with Gasteiger partial charge in [-0.1, -0.05) is 18.2 Å². The van der Waals surface area contributed by atoms with Crippen molar-refractivity contribution in [2.24, 2.45) is 0 Å². The first-order chi connectivity index (χ1) is 13.0. The zero-order chi connectivity index (χ0) is 18.9. The minimum atomic E-state index is -3.20. The van der Waals surface area contributed by atoms with Gasteiger partial charge in [-0.3, -0.25) is 4.31 Å². The first-order valence-electron chi connectivity index (χ1n) is 8.91. The van der Waals surface area contributed by atoms with Crippen LogP contribution in [0.5, 0.6) is 5.75 Å². The minimum Gasteiger partial charge on any atom is -0.488 e. The Labute approximate surface area is 158 Å². The Balaban J connectivity index is 1.29. The number of carbonyl (C=O) groups is 1. The van der Waals surface area contributed by atoms with Gasteiger partial charge >= 0.3 is 6.03 Å². The number of nitrogens with one attached hydrogen (secondary N) is 2. The standard InChI is InChI=1S/C19H21N3O4S/c23-19(20-13-17-12-14-4-1-2-5-18(14)26-17)21-15-6-8-16(9-7-15)22-10-3-11-27(22,24)25/h1-2,4-9,17H,3,10-13H2,(H2,20,21,23)/t17-/m0/s1. The van der Waals surface area contributed by atoms with Gasteiger partial charge in [0.25, 0.3) is 0 Å². The quantitative estimate of drug-likeness (QED) is 0.843. The molecule has 8 heteroatoms. The van der Waals surface area contributed by atoms with Gasteiger partial charge in [-0.15, -0.1) is 0 Å². The smallest absolute Gasteiger partial charge is 0.319 e. The van der Waals surface area contributed by atoms with Crippen LogP contribution in [-0.2, 0) is 16.4 Å². The molecule has 1 fully saturated rings. The Morgan fingerprint density at radius 2 is 1.93 bits per heavy atom. The topological polar surface area (TPSA) is 87.7 Å². The lowest BCUT2D eigenvalue weighted by Crippen LogP contribution is -2.37. The fourth-order valence-electron chi connectivity index (χ4n) is 3.39. The summed E-state index contributed by atoms with van der Waals surface area (Å²) in [6, 6.07) is 14.3. The van der Waals surface area contributed by atoms with E-state index >= 15 is 0 Å². The minimum absolute atomic E-state index is 0.0732. The summed E-state index contributed by atoms with van der Waals surface area (Å²) in [7, 11) is -3.20. The Bertz CT molecular complexity index is 919. The predicted octanol–water partition coefficient (Wildman–Crippen LogP) is 2.35. The maximum Gasteiger partial charge on any atom is 0.319 e. The fourth-order valence-corrected chi connectivity index (χ4v) is 4.95. The maximum absolute atomic E-state index is 12.1. The molecule has 2 aromatic rings. The van der Waals surface area contributed by atoms with Crippen molar-refractivity contribution in [1.29, 1.82) is 0 Å². The third kappa shape index (κ3) is 3.85. The number of benzene rings is 2. The largest absolute Gasteiger partial charge is 0.488 e. The summed E-state index contributed by atoms with van der Waals surface area (Å²) >= 11 is 0. The lowest BCUT2D eigenvalue weighted by atomic mass is 10.1. The molecule has 2 aromatic carbocycles. The zero-order valence-electron chi connectivity index (χ0n) is 14.7. The third-order valence-electron chi connectivity index (χ3n) is 4.72. The predicted molar refractivity (Wildman–Crippen MR) is 104 cm³/mol. The normalized spacial score (nSPS) is 20.0. The molecule has 1 saturated heterocycles. The van der Waals surface area contributed by atoms with Crippen LogP contribution < -0.4 is 19.7 Å². The van der Waals surface area contributed by atoms with Crippen molar-refractivity contribution < 1.29 is 17.9 Å². The molecule has 27 heavy (non-hydrogen) atoms. The highest BCUT2D eigenvalue weighted by molar-refractivity contribution is 7.93. The lowest BCUT2D eigenvalue weighted by Gasteiger charge is -2.17. The number of anilines is 2. The number of sulfonamides is 1. The van der Waals surface area contributed by atoms with E-state index in [9.17, 15) is 13.2 Å². The molecule has 2 amide bonds. The van der Waals surface area contributed by atoms with E-state index in [-0.39, 0.29) is 17.9 Å². The molecule has 142 valence electrons. The number of hydrogen-bond acceptors (Lipinski definition) is 4. The summed E-state index contributed by atoms with van der Waals surface area (Å²) < 4.78 is 31.1. The molecule has 2 aliphatic rings. The Hall–Kier alpha value is -2.74. The van der Waals surface area contributed by atoms with Gasteiger partial charge in [0.05, 0.1) is 18.0 Å². The molecule has 0 bridgehead atoms. The summed E-state index contributed by atoms with van der Waals surface area (Å²) in [6.07, 6.45) is 1.34. The van der Waals surface area contributed by atoms with Crippen molar-refractivity contribution in [1.82, 2.24) is 5.32 Å². The number of urea groups is 1. The summed E-state index contributed by atoms with van der Waals surface area (Å²) in [4.78, 5) is 12.1. The van der Waals surface area contributed by atoms with Crippen molar-refractivity contribution in [3.63, 3.8) is 0 Å². The monoisotopic (exact) mass is 387 g/mol. The molecule has 7 nitrogen and oxygen atoms in total. The van der Waals surface area contributed by atoms with Crippen LogP contribution in [0.25, 0.3) is 0 Å². The molecule has 0 aromatic heterocycles. The molecule has 1 atom stereocenters. The second-order valence-electron chi connectivity index (χ2n) is 6.68. The van der Waals surface area contributed by atoms with Crippen molar-refractivity contribution in [3.05, 3.63) is 54.1 Å². The SMILES string of the molecule is O=C(NC[C@@H]1Cc2ccccc2O1)Nc1ccc(N2CCCS2(=O)=O)cc1. The van der Waals surface area contributed by atoms with Crippen molar-refractivity contribution in [2.45, 2.75) is 18.9 Å². The number of nitrogens with zero attached hydrogens (tertiary/aromatic N) is 1. The van der Waals surface area contributed by atoms with E-state index in [1.54, 1.807) is 24.3 Å². The van der Waals surface area contributed by atoms with Crippen LogP contribution in [-0.4, -0.2) is 39.4 Å². The number of ether oxygens (including phenoxy) is 1. The van der Waals surface area contributed by atoms with Crippen LogP contribution in [0.15, 0.2) is 48.5 Å². The maximum atomic E-state index is 12.1. The number of rotatable bonds is 4. The van der Waals surface area contributed by atoms with Crippen molar-refractivity contribution >= 4 is 27.4 Å². The van der Waals surface area contributed by atoms with Crippen LogP contribution in [0.1, 0.15) is 12.0 Å². The molecule has 4 rings (SSSR count). The van der Waals surface area contributed by atoms with Crippen LogP contribution >= 0.6 is 0 Å². The van der Waals surface area contributed by atoms with Gasteiger partial charge in [0.15, 0.2) is 0 Å². The van der Waals surface area contributed by atoms with Gasteiger partial charge in [-0.05, 0) is 42.3 Å². The van der Waals surface area contributed by atoms with E-state index in [0.29, 0.717) is 30.9 Å². The second-order valence-corrected chi connectivity index (χ2v) is 8.69. The molecule has 2 N–H and O–H groups in total. The Morgan fingerprint density at radius 1 is 1.15 bits per heavy atom. The molecular formula is C19H21N3O4S. The third-order valence-corrected chi connectivity index (χ3v) is 6.59. The average Bonchev–Trinajstić information content (AvgIpc) is 3.23. The average molecular weight is 387 g/mol.